The van der Waals surface area contributed by atoms with Crippen molar-refractivity contribution < 1.29 is 4.79 Å². The van der Waals surface area contributed by atoms with Gasteiger partial charge in [-0.1, -0.05) is 0 Å². The molecule has 0 aliphatic carbocycles. The maximum Gasteiger partial charge on any atom is 0.239 e. The first-order valence-corrected chi connectivity index (χ1v) is 1.88. The van der Waals surface area contributed by atoms with Gasteiger partial charge in [-0.2, -0.15) is 5.26 Å². The number of rotatable bonds is 2. The van der Waals surface area contributed by atoms with Crippen molar-refractivity contribution >= 4 is 5.91 Å². The van der Waals surface area contributed by atoms with Crippen LogP contribution in [-0.4, -0.2) is 5.91 Å². The van der Waals surface area contributed by atoms with E-state index in [-0.39, 0.29) is 12.8 Å². The average Bonchev–Trinajstić information content (AvgIpc) is 1.61. The number of nitriles is 1. The topological polar surface area (TPSA) is 64.7 Å². The summed E-state index contributed by atoms with van der Waals surface area (Å²) in [6.07, 6.45) is 0.235. The molecule has 1 radical (unpaired) electrons. The summed E-state index contributed by atoms with van der Waals surface area (Å²) in [5.74, 6) is -0.665. The lowest BCUT2D eigenvalue weighted by atomic mass is 10.3. The fourth-order valence-electron chi connectivity index (χ4n) is 0.169. The number of nitrogens with one attached hydrogen (secondary N) is 1. The Morgan fingerprint density at radius 1 is 1.86 bits per heavy atom. The van der Waals surface area contributed by atoms with Gasteiger partial charge in [0.1, 0.15) is 0 Å². The molecule has 0 aliphatic heterocycles. The molecule has 3 heteroatoms. The van der Waals surface area contributed by atoms with Crippen molar-refractivity contribution in [2.45, 2.75) is 12.8 Å². The van der Waals surface area contributed by atoms with E-state index in [1.807, 2.05) is 0 Å². The quantitative estimate of drug-likeness (QED) is 0.490. The van der Waals surface area contributed by atoms with Crippen molar-refractivity contribution in [1.29, 1.82) is 5.26 Å². The smallest absolute Gasteiger partial charge is 0.239 e. The molecule has 0 aromatic rings. The summed E-state index contributed by atoms with van der Waals surface area (Å²) < 4.78 is 0. The first kappa shape index (κ1) is 5.96. The standard InChI is InChI=1S/C4H5N2O/c5-3-1-2-4(6)7/h6H,1-2H2. The van der Waals surface area contributed by atoms with E-state index in [0.717, 1.165) is 0 Å². The summed E-state index contributed by atoms with van der Waals surface area (Å²) in [5, 5.41) is 7.83. The van der Waals surface area contributed by atoms with Crippen molar-refractivity contribution in [3.8, 4) is 6.07 Å². The molecule has 0 atom stereocenters. The largest absolute Gasteiger partial charge is 0.273 e. The number of hydrogen-bond donors (Lipinski definition) is 0. The van der Waals surface area contributed by atoms with Gasteiger partial charge < -0.3 is 0 Å². The maximum absolute atomic E-state index is 9.72. The lowest BCUT2D eigenvalue weighted by Gasteiger charge is -1.77. The minimum absolute atomic E-state index is 0.0660. The molecule has 0 aliphatic rings. The van der Waals surface area contributed by atoms with Gasteiger partial charge in [0.2, 0.25) is 5.91 Å². The van der Waals surface area contributed by atoms with Crippen molar-refractivity contribution in [3.05, 3.63) is 0 Å². The van der Waals surface area contributed by atoms with Gasteiger partial charge in [0.25, 0.3) is 0 Å². The van der Waals surface area contributed by atoms with Gasteiger partial charge in [-0.25, -0.2) is 0 Å². The SMILES string of the molecule is N#CCCC([NH])=O. The summed E-state index contributed by atoms with van der Waals surface area (Å²) >= 11 is 0. The fourth-order valence-corrected chi connectivity index (χ4v) is 0.169. The highest BCUT2D eigenvalue weighted by atomic mass is 16.1. The molecular weight excluding hydrogens is 92.1 g/mol. The molecule has 0 saturated carbocycles. The Bertz CT molecular complexity index is 103. The Kier molecular flexibility index (Phi) is 2.69. The lowest BCUT2D eigenvalue weighted by Crippen LogP contribution is -1.94. The lowest BCUT2D eigenvalue weighted by molar-refractivity contribution is -0.118. The molecule has 0 aromatic heterocycles. The van der Waals surface area contributed by atoms with Gasteiger partial charge in [-0.15, -0.1) is 0 Å². The fraction of sp³-hybridized carbons (Fsp3) is 0.500. The third-order valence-electron chi connectivity index (χ3n) is 0.464. The van der Waals surface area contributed by atoms with Crippen LogP contribution in [0.2, 0.25) is 0 Å². The van der Waals surface area contributed by atoms with Crippen LogP contribution in [-0.2, 0) is 4.79 Å². The van der Waals surface area contributed by atoms with Gasteiger partial charge in [0.05, 0.1) is 6.07 Å². The van der Waals surface area contributed by atoms with Gasteiger partial charge in [-0.05, 0) is 0 Å². The van der Waals surface area contributed by atoms with Crippen molar-refractivity contribution in [2.75, 3.05) is 0 Å². The third kappa shape index (κ3) is 4.96. The van der Waals surface area contributed by atoms with Gasteiger partial charge in [0.15, 0.2) is 0 Å². The molecule has 3 nitrogen and oxygen atoms in total. The minimum Gasteiger partial charge on any atom is -0.273 e. The van der Waals surface area contributed by atoms with E-state index in [9.17, 15) is 4.79 Å². The average molecular weight is 97.1 g/mol. The summed E-state index contributed by atoms with van der Waals surface area (Å²) in [6, 6.07) is 1.76. The van der Waals surface area contributed by atoms with Crippen LogP contribution in [0.15, 0.2) is 0 Å². The maximum atomic E-state index is 9.72. The predicted molar refractivity (Wildman–Crippen MR) is 23.0 cm³/mol. The number of hydrogen-bond acceptors (Lipinski definition) is 2. The molecule has 1 N–H and O–H groups in total. The van der Waals surface area contributed by atoms with Crippen LogP contribution in [0.3, 0.4) is 0 Å². The Balaban J connectivity index is 3.02. The molecule has 0 fully saturated rings. The Labute approximate surface area is 41.7 Å². The molecule has 0 spiro atoms. The second-order valence-electron chi connectivity index (χ2n) is 1.08. The van der Waals surface area contributed by atoms with Gasteiger partial charge >= 0.3 is 0 Å². The van der Waals surface area contributed by atoms with E-state index in [2.05, 4.69) is 0 Å². The van der Waals surface area contributed by atoms with Crippen LogP contribution >= 0.6 is 0 Å². The van der Waals surface area contributed by atoms with Crippen LogP contribution in [0.4, 0.5) is 0 Å². The van der Waals surface area contributed by atoms with E-state index >= 15 is 0 Å². The highest BCUT2D eigenvalue weighted by molar-refractivity contribution is 5.73. The second-order valence-corrected chi connectivity index (χ2v) is 1.08. The number of nitrogens with zero attached hydrogens (tertiary/aromatic N) is 1. The van der Waals surface area contributed by atoms with Crippen LogP contribution in [0.1, 0.15) is 12.8 Å². The van der Waals surface area contributed by atoms with Crippen molar-refractivity contribution in [3.63, 3.8) is 0 Å². The molecule has 0 unspecified atom stereocenters. The van der Waals surface area contributed by atoms with Gasteiger partial charge in [0, 0.05) is 12.8 Å². The third-order valence-corrected chi connectivity index (χ3v) is 0.464. The zero-order valence-corrected chi connectivity index (χ0v) is 3.77. The number of carbonyl (C=O) groups is 1. The van der Waals surface area contributed by atoms with Crippen molar-refractivity contribution in [2.24, 2.45) is 0 Å². The molecule has 0 bridgehead atoms. The van der Waals surface area contributed by atoms with Crippen LogP contribution in [0.5, 0.6) is 0 Å². The zero-order chi connectivity index (χ0) is 5.70. The number of carbonyl (C=O) groups excluding carboxylic acids is 1. The molecule has 0 aromatic carbocycles. The van der Waals surface area contributed by atoms with Crippen LogP contribution in [0, 0.1) is 11.3 Å². The van der Waals surface area contributed by atoms with E-state index in [1.54, 1.807) is 6.07 Å². The Hall–Kier alpha value is -1.04. The molecule has 7 heavy (non-hydrogen) atoms. The minimum atomic E-state index is -0.665. The molecular formula is C4H5N2O. The molecule has 0 heterocycles. The molecule has 0 saturated heterocycles. The highest BCUT2D eigenvalue weighted by Gasteiger charge is 1.89. The van der Waals surface area contributed by atoms with E-state index < -0.39 is 5.91 Å². The zero-order valence-electron chi connectivity index (χ0n) is 3.77. The van der Waals surface area contributed by atoms with E-state index in [0.29, 0.717) is 0 Å². The summed E-state index contributed by atoms with van der Waals surface area (Å²) in [4.78, 5) is 9.72. The van der Waals surface area contributed by atoms with E-state index in [4.69, 9.17) is 11.0 Å². The number of amides is 1. The van der Waals surface area contributed by atoms with Crippen LogP contribution in [0.25, 0.3) is 0 Å². The normalized spacial score (nSPS) is 7.29. The molecule has 0 rings (SSSR count). The first-order chi connectivity index (χ1) is 3.27. The predicted octanol–water partition coefficient (Wildman–Crippen LogP) is 0.0997. The van der Waals surface area contributed by atoms with E-state index in [1.165, 1.54) is 0 Å². The Morgan fingerprint density at radius 2 is 2.43 bits per heavy atom. The first-order valence-electron chi connectivity index (χ1n) is 1.88. The molecule has 37 valence electrons. The van der Waals surface area contributed by atoms with Crippen LogP contribution < -0.4 is 5.73 Å². The monoisotopic (exact) mass is 97.0 g/mol. The summed E-state index contributed by atoms with van der Waals surface area (Å²) in [7, 11) is 0. The summed E-state index contributed by atoms with van der Waals surface area (Å²) in [5.41, 5.74) is 6.29. The van der Waals surface area contributed by atoms with Gasteiger partial charge in [-0.3, -0.25) is 10.5 Å². The molecule has 1 amide bonds. The highest BCUT2D eigenvalue weighted by Crippen LogP contribution is 1.81. The second kappa shape index (κ2) is 3.16. The summed E-state index contributed by atoms with van der Waals surface area (Å²) in [6.45, 7) is 0. The van der Waals surface area contributed by atoms with Crippen molar-refractivity contribution in [1.82, 2.24) is 5.73 Å². The Morgan fingerprint density at radius 3 is 2.57 bits per heavy atom.